The summed E-state index contributed by atoms with van der Waals surface area (Å²) in [4.78, 5) is 16.3. The van der Waals surface area contributed by atoms with Gasteiger partial charge >= 0.3 is 6.01 Å². The minimum absolute atomic E-state index is 0.334. The molecule has 0 bridgehead atoms. The van der Waals surface area contributed by atoms with Crippen LogP contribution in [0.25, 0.3) is 11.1 Å². The maximum Gasteiger partial charge on any atom is 0.305 e. The predicted molar refractivity (Wildman–Crippen MR) is 152 cm³/mol. The molecule has 0 aliphatic rings. The number of aromatic nitrogens is 1. The van der Waals surface area contributed by atoms with Crippen LogP contribution in [0, 0.1) is 0 Å². The summed E-state index contributed by atoms with van der Waals surface area (Å²) in [6, 6.07) is 38.5. The molecule has 1 amide bonds. The van der Waals surface area contributed by atoms with Gasteiger partial charge in [0, 0.05) is 11.0 Å². The normalized spacial score (nSPS) is 10.9. The van der Waals surface area contributed by atoms with Gasteiger partial charge in [0.2, 0.25) is 6.41 Å². The Hall–Kier alpha value is -3.27. The quantitative estimate of drug-likeness (QED) is 0.189. The molecule has 0 saturated carbocycles. The zero-order valence-corrected chi connectivity index (χ0v) is 22.2. The summed E-state index contributed by atoms with van der Waals surface area (Å²) in [6.07, 6.45) is 0.708. The Bertz CT molecular complexity index is 1280. The maximum atomic E-state index is 10.7. The number of carbonyl (C=O) groups excluding carboxylic acids is 1. The number of anilines is 1. The lowest BCUT2D eigenvalue weighted by Crippen LogP contribution is -2.30. The summed E-state index contributed by atoms with van der Waals surface area (Å²) in [5, 5.41) is 4.28. The average molecular weight is 546 g/mol. The van der Waals surface area contributed by atoms with Crippen molar-refractivity contribution in [3.63, 3.8) is 0 Å². The number of halogens is 1. The van der Waals surface area contributed by atoms with E-state index in [2.05, 4.69) is 119 Å². The van der Waals surface area contributed by atoms with Crippen molar-refractivity contribution >= 4 is 62.6 Å². The van der Waals surface area contributed by atoms with E-state index in [4.69, 9.17) is 4.42 Å². The van der Waals surface area contributed by atoms with E-state index in [9.17, 15) is 4.79 Å². The van der Waals surface area contributed by atoms with Crippen molar-refractivity contribution in [2.75, 3.05) is 18.1 Å². The van der Waals surface area contributed by atoms with E-state index < -0.39 is 7.26 Å². The second-order valence-corrected chi connectivity index (χ2v) is 12.5. The van der Waals surface area contributed by atoms with Crippen molar-refractivity contribution in [1.82, 2.24) is 4.98 Å². The number of hydrogen-bond acceptors (Lipinski definition) is 3. The van der Waals surface area contributed by atoms with Crippen LogP contribution in [0.5, 0.6) is 0 Å². The number of carbonyl (C=O) groups is 1. The molecule has 1 heterocycles. The Morgan fingerprint density at radius 1 is 0.829 bits per heavy atom. The molecular weight excluding hydrogens is 519 g/mol. The van der Waals surface area contributed by atoms with Crippen LogP contribution in [-0.2, 0) is 4.79 Å². The van der Waals surface area contributed by atoms with Crippen molar-refractivity contribution in [3.8, 4) is 0 Å². The summed E-state index contributed by atoms with van der Waals surface area (Å²) in [6.45, 7) is 4.81. The third-order valence-electron chi connectivity index (χ3n) is 5.87. The number of oxazole rings is 1. The van der Waals surface area contributed by atoms with Crippen LogP contribution in [0.1, 0.15) is 6.92 Å². The third-order valence-corrected chi connectivity index (χ3v) is 10.4. The van der Waals surface area contributed by atoms with E-state index in [1.165, 1.54) is 20.8 Å². The van der Waals surface area contributed by atoms with E-state index in [1.807, 2.05) is 25.1 Å². The zero-order valence-electron chi connectivity index (χ0n) is 19.7. The highest BCUT2D eigenvalue weighted by Gasteiger charge is 2.39. The molecule has 5 rings (SSSR count). The fraction of sp³-hybridized carbons (Fsp3) is 0.103. The first-order chi connectivity index (χ1) is 17.1. The molecule has 0 aliphatic carbocycles. The highest BCUT2D eigenvalue weighted by Crippen LogP contribution is 2.51. The van der Waals surface area contributed by atoms with Gasteiger partial charge in [-0.2, -0.15) is 4.98 Å². The Morgan fingerprint density at radius 3 is 1.74 bits per heavy atom. The van der Waals surface area contributed by atoms with Crippen molar-refractivity contribution in [2.24, 2.45) is 0 Å². The van der Waals surface area contributed by atoms with E-state index in [0.717, 1.165) is 9.99 Å². The molecule has 0 atom stereocenters. The fourth-order valence-corrected chi connectivity index (χ4v) is 7.43. The van der Waals surface area contributed by atoms with E-state index >= 15 is 0 Å². The molecule has 0 unspecified atom stereocenters. The molecule has 4 nitrogen and oxygen atoms in total. The third kappa shape index (κ3) is 5.53. The number of fused-ring (bicyclic) bond motifs is 1. The van der Waals surface area contributed by atoms with Crippen LogP contribution >= 0.6 is 23.2 Å². The lowest BCUT2D eigenvalue weighted by molar-refractivity contribution is -0.107. The van der Waals surface area contributed by atoms with Gasteiger partial charge in [0.15, 0.2) is 5.58 Å². The number of benzene rings is 4. The molecule has 5 aromatic rings. The second kappa shape index (κ2) is 11.4. The van der Waals surface area contributed by atoms with Gasteiger partial charge in [-0.1, -0.05) is 70.5 Å². The van der Waals surface area contributed by atoms with E-state index in [1.54, 1.807) is 0 Å². The standard InChI is InChI=1S/C19H18P.C10H9BrN2O2/c1-20(17-11-5-2-6-12-17,18-13-7-3-8-14-18)19-15-9-4-10-16-19;1-2-13(6-14)10-12-8-4-3-7(11)5-9(8)15-10/h2-16H,1H3;3-6H,2H2,1H3/q+1;. The summed E-state index contributed by atoms with van der Waals surface area (Å²) in [5.41, 5.74) is 1.41. The monoisotopic (exact) mass is 545 g/mol. The summed E-state index contributed by atoms with van der Waals surface area (Å²) < 4.78 is 6.37. The van der Waals surface area contributed by atoms with Gasteiger partial charge in [-0.05, 0) is 61.5 Å². The number of amides is 1. The van der Waals surface area contributed by atoms with Crippen LogP contribution in [0.15, 0.2) is 118 Å². The van der Waals surface area contributed by atoms with Crippen LogP contribution in [0.2, 0.25) is 0 Å². The van der Waals surface area contributed by atoms with Crippen LogP contribution in [-0.4, -0.2) is 24.6 Å². The molecule has 176 valence electrons. The molecule has 1 aromatic heterocycles. The first-order valence-electron chi connectivity index (χ1n) is 11.4. The first kappa shape index (κ1) is 24.8. The topological polar surface area (TPSA) is 46.3 Å². The Morgan fingerprint density at radius 2 is 1.31 bits per heavy atom. The zero-order chi connectivity index (χ0) is 24.7. The van der Waals surface area contributed by atoms with Gasteiger partial charge in [0.1, 0.15) is 28.7 Å². The lowest BCUT2D eigenvalue weighted by atomic mass is 10.3. The second-order valence-electron chi connectivity index (χ2n) is 8.01. The van der Waals surface area contributed by atoms with Crippen LogP contribution in [0.4, 0.5) is 6.01 Å². The predicted octanol–water partition coefficient (Wildman–Crippen LogP) is 6.18. The smallest absolute Gasteiger partial charge is 0.305 e. The molecule has 6 heteroatoms. The molecular formula is C29H27BrN2O2P+. The summed E-state index contributed by atoms with van der Waals surface area (Å²) in [5.74, 6) is 0. The maximum absolute atomic E-state index is 10.7. The highest BCUT2D eigenvalue weighted by molar-refractivity contribution is 9.10. The molecule has 0 fully saturated rings. The van der Waals surface area contributed by atoms with Crippen molar-refractivity contribution in [3.05, 3.63) is 114 Å². The summed E-state index contributed by atoms with van der Waals surface area (Å²) in [7, 11) is -1.53. The van der Waals surface area contributed by atoms with Crippen LogP contribution < -0.4 is 20.8 Å². The fourth-order valence-electron chi connectivity index (χ4n) is 3.89. The van der Waals surface area contributed by atoms with Gasteiger partial charge in [-0.15, -0.1) is 0 Å². The highest BCUT2D eigenvalue weighted by atomic mass is 79.9. The number of hydrogen-bond donors (Lipinski definition) is 0. The minimum Gasteiger partial charge on any atom is -0.423 e. The molecule has 0 N–H and O–H groups in total. The van der Waals surface area contributed by atoms with Gasteiger partial charge < -0.3 is 4.42 Å². The van der Waals surface area contributed by atoms with Gasteiger partial charge in [0.25, 0.3) is 0 Å². The molecule has 0 saturated heterocycles. The van der Waals surface area contributed by atoms with E-state index in [0.29, 0.717) is 24.6 Å². The van der Waals surface area contributed by atoms with Crippen molar-refractivity contribution < 1.29 is 9.21 Å². The molecule has 0 aliphatic heterocycles. The average Bonchev–Trinajstić information content (AvgIpc) is 3.33. The number of rotatable bonds is 6. The molecule has 35 heavy (non-hydrogen) atoms. The SMILES string of the molecule is CCN(C=O)c1nc2ccc(Br)cc2o1.C[P+](c1ccccc1)(c1ccccc1)c1ccccc1. The first-order valence-corrected chi connectivity index (χ1v) is 14.4. The Labute approximate surface area is 215 Å². The van der Waals surface area contributed by atoms with Crippen molar-refractivity contribution in [1.29, 1.82) is 0 Å². The molecule has 0 radical (unpaired) electrons. The van der Waals surface area contributed by atoms with Gasteiger partial charge in [0.05, 0.1) is 6.66 Å². The van der Waals surface area contributed by atoms with Gasteiger partial charge in [-0.3, -0.25) is 9.69 Å². The Balaban J connectivity index is 0.000000172. The molecule has 0 spiro atoms. The lowest BCUT2D eigenvalue weighted by Gasteiger charge is -2.22. The van der Waals surface area contributed by atoms with Gasteiger partial charge in [-0.25, -0.2) is 0 Å². The van der Waals surface area contributed by atoms with E-state index in [-0.39, 0.29) is 0 Å². The Kier molecular flexibility index (Phi) is 8.12. The van der Waals surface area contributed by atoms with Crippen LogP contribution in [0.3, 0.4) is 0 Å². The largest absolute Gasteiger partial charge is 0.423 e. The minimum atomic E-state index is -1.53. The summed E-state index contributed by atoms with van der Waals surface area (Å²) >= 11 is 3.34. The molecule has 4 aromatic carbocycles. The number of nitrogens with zero attached hydrogens (tertiary/aromatic N) is 2. The van der Waals surface area contributed by atoms with Crippen molar-refractivity contribution in [2.45, 2.75) is 6.92 Å².